The van der Waals surface area contributed by atoms with E-state index in [1.54, 1.807) is 11.5 Å². The molecule has 1 aliphatic rings. The molecule has 0 aliphatic carbocycles. The van der Waals surface area contributed by atoms with Crippen LogP contribution < -0.4 is 4.74 Å². The molecular formula is C13H10F3N3O2. The molecule has 0 atom stereocenters. The highest BCUT2D eigenvalue weighted by Crippen LogP contribution is 2.32. The molecule has 1 aliphatic heterocycles. The van der Waals surface area contributed by atoms with Gasteiger partial charge in [0.25, 0.3) is 0 Å². The SMILES string of the molecule is Cc1nnc2n1-c1ccc(OC(F)(F)F)cc1C(O)=CC2. The number of benzene rings is 1. The monoisotopic (exact) mass is 297 g/mol. The van der Waals surface area contributed by atoms with Gasteiger partial charge in [-0.2, -0.15) is 0 Å². The molecule has 0 saturated heterocycles. The van der Waals surface area contributed by atoms with Crippen molar-refractivity contribution in [1.82, 2.24) is 14.8 Å². The smallest absolute Gasteiger partial charge is 0.508 e. The molecule has 110 valence electrons. The lowest BCUT2D eigenvalue weighted by Crippen LogP contribution is -2.17. The number of halogens is 3. The zero-order chi connectivity index (χ0) is 15.2. The van der Waals surface area contributed by atoms with Crippen molar-refractivity contribution in [3.8, 4) is 11.4 Å². The Morgan fingerprint density at radius 3 is 2.76 bits per heavy atom. The Bertz CT molecular complexity index is 735. The van der Waals surface area contributed by atoms with Gasteiger partial charge in [-0.15, -0.1) is 23.4 Å². The molecule has 3 rings (SSSR count). The predicted octanol–water partition coefficient (Wildman–Crippen LogP) is 2.93. The van der Waals surface area contributed by atoms with Crippen LogP contribution in [0.4, 0.5) is 13.2 Å². The van der Waals surface area contributed by atoms with Gasteiger partial charge in [0.2, 0.25) is 0 Å². The lowest BCUT2D eigenvalue weighted by atomic mass is 10.1. The van der Waals surface area contributed by atoms with Gasteiger partial charge in [0.1, 0.15) is 23.2 Å². The second-order valence-electron chi connectivity index (χ2n) is 4.52. The van der Waals surface area contributed by atoms with Gasteiger partial charge in [-0.1, -0.05) is 0 Å². The van der Waals surface area contributed by atoms with E-state index in [0.29, 0.717) is 23.8 Å². The third-order valence-electron chi connectivity index (χ3n) is 3.09. The van der Waals surface area contributed by atoms with E-state index in [-0.39, 0.29) is 11.3 Å². The number of aryl methyl sites for hydroxylation is 1. The van der Waals surface area contributed by atoms with Gasteiger partial charge in [0.05, 0.1) is 5.69 Å². The molecule has 2 heterocycles. The third kappa shape index (κ3) is 2.44. The zero-order valence-electron chi connectivity index (χ0n) is 10.8. The van der Waals surface area contributed by atoms with Gasteiger partial charge in [-0.3, -0.25) is 4.57 Å². The standard InChI is InChI=1S/C13H10F3N3O2/c1-7-17-18-12-5-4-11(20)9-6-8(21-13(14,15)16)2-3-10(9)19(7)12/h2-4,6,20H,5H2,1H3. The molecule has 21 heavy (non-hydrogen) atoms. The lowest BCUT2D eigenvalue weighted by molar-refractivity contribution is -0.274. The third-order valence-corrected chi connectivity index (χ3v) is 3.09. The average molecular weight is 297 g/mol. The number of hydrogen-bond donors (Lipinski definition) is 1. The van der Waals surface area contributed by atoms with E-state index < -0.39 is 12.1 Å². The summed E-state index contributed by atoms with van der Waals surface area (Å²) >= 11 is 0. The van der Waals surface area contributed by atoms with Crippen molar-refractivity contribution >= 4 is 5.76 Å². The quantitative estimate of drug-likeness (QED) is 0.879. The molecule has 1 N–H and O–H groups in total. The van der Waals surface area contributed by atoms with E-state index in [1.165, 1.54) is 18.2 Å². The molecule has 8 heteroatoms. The maximum absolute atomic E-state index is 12.3. The van der Waals surface area contributed by atoms with Crippen molar-refractivity contribution in [2.45, 2.75) is 19.7 Å². The summed E-state index contributed by atoms with van der Waals surface area (Å²) in [4.78, 5) is 0. The zero-order valence-corrected chi connectivity index (χ0v) is 10.8. The molecule has 1 aromatic carbocycles. The van der Waals surface area contributed by atoms with E-state index in [4.69, 9.17) is 0 Å². The van der Waals surface area contributed by atoms with Crippen molar-refractivity contribution in [2.24, 2.45) is 0 Å². The largest absolute Gasteiger partial charge is 0.573 e. The Labute approximate surface area is 117 Å². The van der Waals surface area contributed by atoms with Gasteiger partial charge in [0, 0.05) is 12.0 Å². The minimum absolute atomic E-state index is 0.123. The minimum Gasteiger partial charge on any atom is -0.508 e. The van der Waals surface area contributed by atoms with E-state index in [0.717, 1.165) is 6.07 Å². The van der Waals surface area contributed by atoms with Crippen LogP contribution in [0.2, 0.25) is 0 Å². The van der Waals surface area contributed by atoms with Crippen molar-refractivity contribution in [3.05, 3.63) is 41.5 Å². The average Bonchev–Trinajstić information content (AvgIpc) is 2.68. The molecule has 2 aromatic rings. The van der Waals surface area contributed by atoms with Gasteiger partial charge < -0.3 is 9.84 Å². The van der Waals surface area contributed by atoms with Crippen LogP contribution in [0.25, 0.3) is 11.4 Å². The highest BCUT2D eigenvalue weighted by molar-refractivity contribution is 5.70. The van der Waals surface area contributed by atoms with Gasteiger partial charge in [-0.25, -0.2) is 0 Å². The van der Waals surface area contributed by atoms with Crippen LogP contribution in [0.3, 0.4) is 0 Å². The summed E-state index contributed by atoms with van der Waals surface area (Å²) in [6.07, 6.45) is -2.98. The Morgan fingerprint density at radius 2 is 2.05 bits per heavy atom. The number of rotatable bonds is 1. The van der Waals surface area contributed by atoms with Crippen molar-refractivity contribution < 1.29 is 23.0 Å². The van der Waals surface area contributed by atoms with Crippen molar-refractivity contribution in [2.75, 3.05) is 0 Å². The minimum atomic E-state index is -4.78. The van der Waals surface area contributed by atoms with Crippen LogP contribution in [0.15, 0.2) is 24.3 Å². The van der Waals surface area contributed by atoms with E-state index in [2.05, 4.69) is 14.9 Å². The summed E-state index contributed by atoms with van der Waals surface area (Å²) in [7, 11) is 0. The fraction of sp³-hybridized carbons (Fsp3) is 0.231. The maximum Gasteiger partial charge on any atom is 0.573 e. The van der Waals surface area contributed by atoms with Crippen LogP contribution in [0.5, 0.6) is 5.75 Å². The van der Waals surface area contributed by atoms with E-state index in [1.807, 2.05) is 0 Å². The fourth-order valence-corrected chi connectivity index (χ4v) is 2.26. The number of nitrogens with zero attached hydrogens (tertiary/aromatic N) is 3. The summed E-state index contributed by atoms with van der Waals surface area (Å²) in [5.74, 6) is 0.666. The number of aliphatic hydroxyl groups excluding tert-OH is 1. The van der Waals surface area contributed by atoms with E-state index in [9.17, 15) is 18.3 Å². The molecular weight excluding hydrogens is 287 g/mol. The molecule has 0 bridgehead atoms. The summed E-state index contributed by atoms with van der Waals surface area (Å²) in [6, 6.07) is 3.77. The topological polar surface area (TPSA) is 60.2 Å². The normalized spacial score (nSPS) is 14.0. The molecule has 0 saturated carbocycles. The Kier molecular flexibility index (Phi) is 2.89. The number of ether oxygens (including phenoxy) is 1. The van der Waals surface area contributed by atoms with Crippen LogP contribution in [0.1, 0.15) is 17.2 Å². The second kappa shape index (κ2) is 4.51. The number of hydrogen-bond acceptors (Lipinski definition) is 4. The molecule has 0 unspecified atom stereocenters. The highest BCUT2D eigenvalue weighted by Gasteiger charge is 2.31. The maximum atomic E-state index is 12.3. The van der Waals surface area contributed by atoms with Crippen LogP contribution in [0, 0.1) is 6.92 Å². The number of allylic oxidation sites excluding steroid dienone is 1. The number of fused-ring (bicyclic) bond motifs is 3. The first-order valence-corrected chi connectivity index (χ1v) is 6.06. The molecule has 0 fully saturated rings. The van der Waals surface area contributed by atoms with Crippen LogP contribution in [-0.4, -0.2) is 26.2 Å². The number of aromatic nitrogens is 3. The Hall–Kier alpha value is -2.51. The van der Waals surface area contributed by atoms with Gasteiger partial charge >= 0.3 is 6.36 Å². The predicted molar refractivity (Wildman–Crippen MR) is 67.1 cm³/mol. The fourth-order valence-electron chi connectivity index (χ4n) is 2.26. The molecule has 5 nitrogen and oxygen atoms in total. The first-order chi connectivity index (χ1) is 9.85. The molecule has 0 amide bonds. The summed E-state index contributed by atoms with van der Waals surface area (Å²) in [5, 5.41) is 17.9. The van der Waals surface area contributed by atoms with Crippen LogP contribution >= 0.6 is 0 Å². The Morgan fingerprint density at radius 1 is 1.29 bits per heavy atom. The van der Waals surface area contributed by atoms with Crippen LogP contribution in [-0.2, 0) is 6.42 Å². The van der Waals surface area contributed by atoms with Crippen molar-refractivity contribution in [3.63, 3.8) is 0 Å². The lowest BCUT2D eigenvalue weighted by Gasteiger charge is -2.14. The molecule has 0 spiro atoms. The second-order valence-corrected chi connectivity index (χ2v) is 4.52. The van der Waals surface area contributed by atoms with Gasteiger partial charge in [-0.05, 0) is 31.2 Å². The highest BCUT2D eigenvalue weighted by atomic mass is 19.4. The summed E-state index contributed by atoms with van der Waals surface area (Å²) < 4.78 is 42.4. The number of aliphatic hydroxyl groups is 1. The van der Waals surface area contributed by atoms with E-state index >= 15 is 0 Å². The number of alkyl halides is 3. The summed E-state index contributed by atoms with van der Waals surface area (Å²) in [5.41, 5.74) is 0.742. The first kappa shape index (κ1) is 13.5. The molecule has 0 radical (unpaired) electrons. The summed E-state index contributed by atoms with van der Waals surface area (Å²) in [6.45, 7) is 1.72. The molecule has 1 aromatic heterocycles. The van der Waals surface area contributed by atoms with Gasteiger partial charge in [0.15, 0.2) is 0 Å². The first-order valence-electron chi connectivity index (χ1n) is 6.06. The van der Waals surface area contributed by atoms with Crippen molar-refractivity contribution in [1.29, 1.82) is 0 Å². The Balaban J connectivity index is 2.15.